The molecule has 0 aromatic heterocycles. The number of ether oxygens (including phenoxy) is 2. The molecule has 0 aliphatic rings. The molecule has 27 heavy (non-hydrogen) atoms. The van der Waals surface area contributed by atoms with E-state index >= 15 is 0 Å². The first-order valence-electron chi connectivity index (χ1n) is 8.89. The molecular weight excluding hydrogens is 348 g/mol. The van der Waals surface area contributed by atoms with E-state index in [1.54, 1.807) is 41.5 Å². The summed E-state index contributed by atoms with van der Waals surface area (Å²) in [5.41, 5.74) is -0.458. The van der Waals surface area contributed by atoms with Crippen LogP contribution in [0.25, 0.3) is 0 Å². The maximum atomic E-state index is 12.5. The standard InChI is InChI=1S/C20H30N2O5/c1-19(2,3)26-16(23)13-21-17(24)15(12-14-10-8-7-9-11-14)22-18(25)27-20(4,5)6/h7-11,15H,12-13H2,1-6H3,(H,21,24)(H,22,25)/t15-/m0/s1. The average molecular weight is 378 g/mol. The Kier molecular flexibility index (Phi) is 7.82. The van der Waals surface area contributed by atoms with Crippen molar-refractivity contribution in [3.63, 3.8) is 0 Å². The number of nitrogens with one attached hydrogen (secondary N) is 2. The Bertz CT molecular complexity index is 645. The number of esters is 1. The van der Waals surface area contributed by atoms with E-state index in [-0.39, 0.29) is 13.0 Å². The van der Waals surface area contributed by atoms with Gasteiger partial charge in [0.15, 0.2) is 0 Å². The Morgan fingerprint density at radius 3 is 2.00 bits per heavy atom. The van der Waals surface area contributed by atoms with Gasteiger partial charge in [0, 0.05) is 6.42 Å². The van der Waals surface area contributed by atoms with Gasteiger partial charge in [-0.25, -0.2) is 4.79 Å². The van der Waals surface area contributed by atoms with E-state index in [1.807, 2.05) is 30.3 Å². The second-order valence-corrected chi connectivity index (χ2v) is 8.19. The molecule has 2 N–H and O–H groups in total. The average Bonchev–Trinajstić information content (AvgIpc) is 2.49. The molecule has 7 nitrogen and oxygen atoms in total. The highest BCUT2D eigenvalue weighted by Gasteiger charge is 2.25. The van der Waals surface area contributed by atoms with E-state index in [4.69, 9.17) is 9.47 Å². The van der Waals surface area contributed by atoms with Gasteiger partial charge in [0.25, 0.3) is 0 Å². The second kappa shape index (κ2) is 9.39. The molecule has 0 aliphatic carbocycles. The smallest absolute Gasteiger partial charge is 0.408 e. The van der Waals surface area contributed by atoms with E-state index in [9.17, 15) is 14.4 Å². The van der Waals surface area contributed by atoms with E-state index in [2.05, 4.69) is 10.6 Å². The normalized spacial score (nSPS) is 12.7. The molecule has 0 aliphatic heterocycles. The van der Waals surface area contributed by atoms with Crippen molar-refractivity contribution < 1.29 is 23.9 Å². The largest absolute Gasteiger partial charge is 0.459 e. The van der Waals surface area contributed by atoms with Crippen LogP contribution in [-0.2, 0) is 25.5 Å². The highest BCUT2D eigenvalue weighted by Crippen LogP contribution is 2.09. The maximum absolute atomic E-state index is 12.5. The van der Waals surface area contributed by atoms with Crippen molar-refractivity contribution in [2.45, 2.75) is 65.2 Å². The Morgan fingerprint density at radius 1 is 0.926 bits per heavy atom. The lowest BCUT2D eigenvalue weighted by Crippen LogP contribution is -2.50. The van der Waals surface area contributed by atoms with E-state index < -0.39 is 35.2 Å². The Labute approximate surface area is 160 Å². The van der Waals surface area contributed by atoms with Crippen molar-refractivity contribution in [1.82, 2.24) is 10.6 Å². The van der Waals surface area contributed by atoms with E-state index in [1.165, 1.54) is 0 Å². The summed E-state index contributed by atoms with van der Waals surface area (Å²) in [6.07, 6.45) is -0.434. The molecule has 1 aromatic carbocycles. The topological polar surface area (TPSA) is 93.7 Å². The molecule has 0 saturated carbocycles. The summed E-state index contributed by atoms with van der Waals surface area (Å²) < 4.78 is 10.4. The summed E-state index contributed by atoms with van der Waals surface area (Å²) in [6.45, 7) is 10.2. The molecule has 1 rings (SSSR count). The van der Waals surface area contributed by atoms with Crippen LogP contribution >= 0.6 is 0 Å². The van der Waals surface area contributed by atoms with Crippen molar-refractivity contribution >= 4 is 18.0 Å². The number of benzene rings is 1. The van der Waals surface area contributed by atoms with Gasteiger partial charge in [-0.15, -0.1) is 0 Å². The van der Waals surface area contributed by atoms with Gasteiger partial charge >= 0.3 is 12.1 Å². The third-order valence-electron chi connectivity index (χ3n) is 3.12. The first-order chi connectivity index (χ1) is 12.4. The Hall–Kier alpha value is -2.57. The summed E-state index contributed by atoms with van der Waals surface area (Å²) in [6, 6.07) is 8.37. The molecule has 0 bridgehead atoms. The predicted molar refractivity (Wildman–Crippen MR) is 102 cm³/mol. The summed E-state index contributed by atoms with van der Waals surface area (Å²) in [4.78, 5) is 36.4. The van der Waals surface area contributed by atoms with Gasteiger partial charge in [0.05, 0.1) is 0 Å². The zero-order valence-electron chi connectivity index (χ0n) is 16.9. The molecule has 1 atom stereocenters. The van der Waals surface area contributed by atoms with Crippen molar-refractivity contribution in [2.75, 3.05) is 6.54 Å². The first kappa shape index (κ1) is 22.5. The van der Waals surface area contributed by atoms with E-state index in [0.717, 1.165) is 5.56 Å². The van der Waals surface area contributed by atoms with Crippen LogP contribution in [0.4, 0.5) is 4.79 Å². The van der Waals surface area contributed by atoms with Gasteiger partial charge in [-0.05, 0) is 47.1 Å². The highest BCUT2D eigenvalue weighted by atomic mass is 16.6. The highest BCUT2D eigenvalue weighted by molar-refractivity contribution is 5.88. The summed E-state index contributed by atoms with van der Waals surface area (Å²) in [5.74, 6) is -1.04. The van der Waals surface area contributed by atoms with Gasteiger partial charge in [0.1, 0.15) is 23.8 Å². The van der Waals surface area contributed by atoms with Crippen LogP contribution < -0.4 is 10.6 Å². The van der Waals surface area contributed by atoms with Crippen LogP contribution in [0.5, 0.6) is 0 Å². The lowest BCUT2D eigenvalue weighted by Gasteiger charge is -2.24. The summed E-state index contributed by atoms with van der Waals surface area (Å²) >= 11 is 0. The van der Waals surface area contributed by atoms with Gasteiger partial charge < -0.3 is 20.1 Å². The first-order valence-corrected chi connectivity index (χ1v) is 8.89. The van der Waals surface area contributed by atoms with Gasteiger partial charge in [0.2, 0.25) is 5.91 Å². The minimum absolute atomic E-state index is 0.264. The molecule has 150 valence electrons. The SMILES string of the molecule is CC(C)(C)OC(=O)CNC(=O)[C@H](Cc1ccccc1)NC(=O)OC(C)(C)C. The van der Waals surface area contributed by atoms with Crippen LogP contribution in [0, 0.1) is 0 Å². The molecule has 0 fully saturated rings. The zero-order chi connectivity index (χ0) is 20.7. The fourth-order valence-corrected chi connectivity index (χ4v) is 2.17. The quantitative estimate of drug-likeness (QED) is 0.742. The van der Waals surface area contributed by atoms with Crippen molar-refractivity contribution in [3.05, 3.63) is 35.9 Å². The molecule has 0 spiro atoms. The third-order valence-corrected chi connectivity index (χ3v) is 3.12. The summed E-state index contributed by atoms with van der Waals surface area (Å²) in [7, 11) is 0. The lowest BCUT2D eigenvalue weighted by atomic mass is 10.1. The molecule has 0 unspecified atom stereocenters. The minimum Gasteiger partial charge on any atom is -0.459 e. The molecule has 1 aromatic rings. The molecule has 2 amide bonds. The molecule has 0 radical (unpaired) electrons. The van der Waals surface area contributed by atoms with Crippen LogP contribution in [0.3, 0.4) is 0 Å². The van der Waals surface area contributed by atoms with Crippen molar-refractivity contribution in [3.8, 4) is 0 Å². The number of hydrogen-bond donors (Lipinski definition) is 2. The number of alkyl carbamates (subject to hydrolysis) is 1. The third kappa shape index (κ3) is 10.2. The predicted octanol–water partition coefficient (Wildman–Crippen LogP) is 2.58. The molecule has 0 saturated heterocycles. The maximum Gasteiger partial charge on any atom is 0.408 e. The van der Waals surface area contributed by atoms with Crippen LogP contribution in [0.2, 0.25) is 0 Å². The van der Waals surface area contributed by atoms with Crippen LogP contribution in [0.1, 0.15) is 47.1 Å². The molecule has 7 heteroatoms. The van der Waals surface area contributed by atoms with E-state index in [0.29, 0.717) is 0 Å². The monoisotopic (exact) mass is 378 g/mol. The van der Waals surface area contributed by atoms with Crippen molar-refractivity contribution in [1.29, 1.82) is 0 Å². The number of amides is 2. The van der Waals surface area contributed by atoms with Gasteiger partial charge in [-0.1, -0.05) is 30.3 Å². The van der Waals surface area contributed by atoms with Crippen LogP contribution in [0.15, 0.2) is 30.3 Å². The minimum atomic E-state index is -0.885. The van der Waals surface area contributed by atoms with Crippen LogP contribution in [-0.4, -0.2) is 41.8 Å². The summed E-state index contributed by atoms with van der Waals surface area (Å²) in [5, 5.41) is 5.08. The fourth-order valence-electron chi connectivity index (χ4n) is 2.17. The number of hydrogen-bond acceptors (Lipinski definition) is 5. The molecule has 0 heterocycles. The number of carbonyl (C=O) groups excluding carboxylic acids is 3. The van der Waals surface area contributed by atoms with Gasteiger partial charge in [-0.2, -0.15) is 0 Å². The van der Waals surface area contributed by atoms with Crippen molar-refractivity contribution in [2.24, 2.45) is 0 Å². The molecular formula is C20H30N2O5. The Morgan fingerprint density at radius 2 is 1.48 bits per heavy atom. The Balaban J connectivity index is 2.75. The number of rotatable bonds is 6. The lowest BCUT2D eigenvalue weighted by molar-refractivity contribution is -0.154. The number of carbonyl (C=O) groups is 3. The van der Waals surface area contributed by atoms with Gasteiger partial charge in [-0.3, -0.25) is 9.59 Å². The zero-order valence-corrected chi connectivity index (χ0v) is 16.9. The second-order valence-electron chi connectivity index (χ2n) is 8.19. The fraction of sp³-hybridized carbons (Fsp3) is 0.550.